The Morgan fingerprint density at radius 2 is 0.895 bits per heavy atom. The van der Waals surface area contributed by atoms with Crippen molar-refractivity contribution < 1.29 is 0 Å². The van der Waals surface area contributed by atoms with E-state index in [1.807, 2.05) is 48.5 Å². The first kappa shape index (κ1) is 33.9. The lowest BCUT2D eigenvalue weighted by atomic mass is 9.67. The molecule has 4 heteroatoms. The van der Waals surface area contributed by atoms with Crippen LogP contribution in [0.25, 0.3) is 33.4 Å². The van der Waals surface area contributed by atoms with Crippen molar-refractivity contribution in [3.8, 4) is 39.4 Å². The number of rotatable bonds is 7. The van der Waals surface area contributed by atoms with Gasteiger partial charge in [-0.3, -0.25) is 0 Å². The van der Waals surface area contributed by atoms with Crippen LogP contribution in [0.3, 0.4) is 0 Å². The quantitative estimate of drug-likeness (QED) is 0.178. The predicted molar refractivity (Wildman–Crippen MR) is 231 cm³/mol. The second-order valence-corrected chi connectivity index (χ2v) is 14.5. The van der Waals surface area contributed by atoms with E-state index in [1.54, 1.807) is 0 Å². The average Bonchev–Trinajstić information content (AvgIpc) is 3.60. The number of amidine groups is 2. The highest BCUT2D eigenvalue weighted by atomic mass is 15.2. The topological polar surface area (TPSA) is 60.5 Å². The summed E-state index contributed by atoms with van der Waals surface area (Å²) in [7, 11) is 0. The summed E-state index contributed by atoms with van der Waals surface area (Å²) in [6, 6.07) is 74.8. The third-order valence-electron chi connectivity index (χ3n) is 11.3. The van der Waals surface area contributed by atoms with E-state index in [0.29, 0.717) is 5.56 Å². The van der Waals surface area contributed by atoms with Gasteiger partial charge in [0, 0.05) is 11.1 Å². The highest BCUT2D eigenvalue weighted by Gasteiger charge is 2.46. The van der Waals surface area contributed by atoms with Gasteiger partial charge in [0.2, 0.25) is 0 Å². The highest BCUT2D eigenvalue weighted by molar-refractivity contribution is 6.16. The van der Waals surface area contributed by atoms with Gasteiger partial charge in [0.1, 0.15) is 11.7 Å². The molecule has 0 saturated carbocycles. The minimum absolute atomic E-state index is 0.372. The molecule has 1 aliphatic carbocycles. The monoisotopic (exact) mass is 728 g/mol. The summed E-state index contributed by atoms with van der Waals surface area (Å²) in [6.07, 6.45) is -0.372. The van der Waals surface area contributed by atoms with Crippen LogP contribution in [0.1, 0.15) is 50.7 Å². The maximum atomic E-state index is 9.67. The number of fused-ring (bicyclic) bond motifs is 3. The fraction of sp³-hybridized carbons (Fsp3) is 0.0377. The number of nitrogens with one attached hydrogen (secondary N) is 1. The van der Waals surface area contributed by atoms with Gasteiger partial charge in [0.25, 0.3) is 0 Å². The van der Waals surface area contributed by atoms with Crippen LogP contribution in [0.2, 0.25) is 0 Å². The van der Waals surface area contributed by atoms with Crippen LogP contribution in [0.5, 0.6) is 0 Å². The highest BCUT2D eigenvalue weighted by Crippen LogP contribution is 2.58. The minimum atomic E-state index is -0.535. The lowest BCUT2D eigenvalue weighted by molar-refractivity contribution is 0.756. The molecule has 0 fully saturated rings. The summed E-state index contributed by atoms with van der Waals surface area (Å²) in [5, 5.41) is 13.2. The second kappa shape index (κ2) is 14.2. The molecule has 0 radical (unpaired) electrons. The van der Waals surface area contributed by atoms with E-state index in [-0.39, 0.29) is 6.17 Å². The molecule has 1 heterocycles. The molecule has 0 amide bonds. The van der Waals surface area contributed by atoms with Crippen LogP contribution in [0, 0.1) is 11.3 Å². The molecule has 1 N–H and O–H groups in total. The third-order valence-corrected chi connectivity index (χ3v) is 11.3. The molecule has 0 saturated heterocycles. The van der Waals surface area contributed by atoms with Gasteiger partial charge in [-0.2, -0.15) is 5.26 Å². The Balaban J connectivity index is 1.16. The van der Waals surface area contributed by atoms with Crippen LogP contribution < -0.4 is 5.32 Å². The molecule has 8 aromatic rings. The molecule has 0 spiro atoms. The Kier molecular flexibility index (Phi) is 8.47. The summed E-state index contributed by atoms with van der Waals surface area (Å²) < 4.78 is 0. The van der Waals surface area contributed by atoms with E-state index in [1.165, 1.54) is 33.4 Å². The van der Waals surface area contributed by atoms with Crippen LogP contribution in [-0.4, -0.2) is 11.7 Å². The Bertz CT molecular complexity index is 2800. The lowest BCUT2D eigenvalue weighted by Gasteiger charge is -2.34. The number of benzene rings is 8. The minimum Gasteiger partial charge on any atom is -0.324 e. The Morgan fingerprint density at radius 3 is 1.49 bits per heavy atom. The standard InChI is InChI=1S/C53H36N4/c54-35-36-25-27-37(28-26-36)45-33-47-44-23-13-14-24-48(44)53(42-19-9-3-10-20-42,43-21-11-4-12-22-43)49(47)34-46(45)38-29-31-41(32-30-38)52-56-50(39-15-5-1-6-16-39)55-51(57-52)40-17-7-2-8-18-40/h1-34,50H,(H,55,56,57). The average molecular weight is 729 g/mol. The van der Waals surface area contributed by atoms with Gasteiger partial charge in [0.05, 0.1) is 17.0 Å². The first-order chi connectivity index (χ1) is 28.2. The number of hydrogen-bond acceptors (Lipinski definition) is 4. The van der Waals surface area contributed by atoms with Crippen LogP contribution in [-0.2, 0) is 5.41 Å². The summed E-state index contributed by atoms with van der Waals surface area (Å²) in [6.45, 7) is 0. The SMILES string of the molecule is N#Cc1ccc(-c2cc3c(cc2-c2ccc(C4=NC(c5ccccc5)N=C(c5ccccc5)N4)cc2)C(c2ccccc2)(c2ccccc2)c2ccccc2-3)cc1. The van der Waals surface area contributed by atoms with Crippen molar-refractivity contribution in [2.75, 3.05) is 0 Å². The van der Waals surface area contributed by atoms with Crippen molar-refractivity contribution in [3.63, 3.8) is 0 Å². The number of hydrogen-bond donors (Lipinski definition) is 1. The molecule has 10 rings (SSSR count). The summed E-state index contributed by atoms with van der Waals surface area (Å²) in [4.78, 5) is 10.2. The largest absolute Gasteiger partial charge is 0.324 e. The molecule has 57 heavy (non-hydrogen) atoms. The van der Waals surface area contributed by atoms with Crippen molar-refractivity contribution in [3.05, 3.63) is 251 Å². The Labute approximate surface area is 332 Å². The van der Waals surface area contributed by atoms with Crippen molar-refractivity contribution in [2.24, 2.45) is 9.98 Å². The van der Waals surface area contributed by atoms with Crippen molar-refractivity contribution in [1.29, 1.82) is 5.26 Å². The van der Waals surface area contributed by atoms with Crippen molar-refractivity contribution in [2.45, 2.75) is 11.6 Å². The molecule has 1 unspecified atom stereocenters. The summed E-state index contributed by atoms with van der Waals surface area (Å²) in [5.41, 5.74) is 14.9. The first-order valence-electron chi connectivity index (χ1n) is 19.2. The van der Waals surface area contributed by atoms with Crippen LogP contribution in [0.4, 0.5) is 0 Å². The van der Waals surface area contributed by atoms with E-state index in [9.17, 15) is 5.26 Å². The van der Waals surface area contributed by atoms with Gasteiger partial charge in [-0.1, -0.05) is 182 Å². The lowest BCUT2D eigenvalue weighted by Crippen LogP contribution is -2.36. The van der Waals surface area contributed by atoms with Crippen LogP contribution in [0.15, 0.2) is 216 Å². The van der Waals surface area contributed by atoms with Gasteiger partial charge >= 0.3 is 0 Å². The van der Waals surface area contributed by atoms with E-state index < -0.39 is 5.41 Å². The molecule has 1 aliphatic heterocycles. The first-order valence-corrected chi connectivity index (χ1v) is 19.2. The Morgan fingerprint density at radius 1 is 0.421 bits per heavy atom. The van der Waals surface area contributed by atoms with Gasteiger partial charge in [-0.15, -0.1) is 0 Å². The molecule has 8 aromatic carbocycles. The zero-order chi connectivity index (χ0) is 38.2. The predicted octanol–water partition coefficient (Wildman–Crippen LogP) is 11.8. The van der Waals surface area contributed by atoms with Crippen molar-refractivity contribution in [1.82, 2.24) is 5.32 Å². The number of nitrogens with zero attached hydrogens (tertiary/aromatic N) is 3. The normalized spacial score (nSPS) is 15.0. The maximum absolute atomic E-state index is 9.67. The second-order valence-electron chi connectivity index (χ2n) is 14.5. The molecular weight excluding hydrogens is 693 g/mol. The maximum Gasteiger partial charge on any atom is 0.169 e. The Hall–Kier alpha value is -7.61. The van der Waals surface area contributed by atoms with Gasteiger partial charge in [-0.25, -0.2) is 9.98 Å². The third kappa shape index (κ3) is 5.85. The zero-order valence-electron chi connectivity index (χ0n) is 31.0. The molecule has 268 valence electrons. The molecular formula is C53H36N4. The molecule has 1 atom stereocenters. The fourth-order valence-electron chi connectivity index (χ4n) is 8.61. The summed E-state index contributed by atoms with van der Waals surface area (Å²) in [5.74, 6) is 1.56. The smallest absolute Gasteiger partial charge is 0.169 e. The molecule has 4 nitrogen and oxygen atoms in total. The summed E-state index contributed by atoms with van der Waals surface area (Å²) >= 11 is 0. The van der Waals surface area contributed by atoms with Gasteiger partial charge in [0.15, 0.2) is 6.17 Å². The molecule has 0 bridgehead atoms. The van der Waals surface area contributed by atoms with Crippen molar-refractivity contribution >= 4 is 11.7 Å². The van der Waals surface area contributed by atoms with E-state index in [2.05, 4.69) is 169 Å². The molecule has 0 aromatic heterocycles. The fourth-order valence-corrected chi connectivity index (χ4v) is 8.61. The number of nitriles is 1. The van der Waals surface area contributed by atoms with E-state index in [0.717, 1.165) is 50.6 Å². The van der Waals surface area contributed by atoms with Gasteiger partial charge < -0.3 is 5.32 Å². The zero-order valence-corrected chi connectivity index (χ0v) is 31.0. The van der Waals surface area contributed by atoms with Crippen LogP contribution >= 0.6 is 0 Å². The van der Waals surface area contributed by atoms with E-state index >= 15 is 0 Å². The van der Waals surface area contributed by atoms with E-state index in [4.69, 9.17) is 9.98 Å². The number of aliphatic imine (C=N–C) groups is 2. The van der Waals surface area contributed by atoms with Gasteiger partial charge in [-0.05, 0) is 85.5 Å². The molecule has 2 aliphatic rings.